The summed E-state index contributed by atoms with van der Waals surface area (Å²) in [4.78, 5) is 16.6. The number of hydrogen-bond donors (Lipinski definition) is 4. The molecule has 0 radical (unpaired) electrons. The SMILES string of the molecule is CC12CN3CC(C)(CN(C1)C3[C@H](O)[C@@H](O)[C@@H](O)CO)C2=O. The highest BCUT2D eigenvalue weighted by Gasteiger charge is 2.63. The molecule has 7 heteroatoms. The molecule has 4 heterocycles. The Balaban J connectivity index is 1.84. The average Bonchev–Trinajstić information content (AvgIpc) is 2.41. The highest BCUT2D eigenvalue weighted by Crippen LogP contribution is 2.48. The van der Waals surface area contributed by atoms with Gasteiger partial charge in [-0.15, -0.1) is 0 Å². The van der Waals surface area contributed by atoms with E-state index < -0.39 is 41.9 Å². The first-order valence-electron chi connectivity index (χ1n) is 7.40. The van der Waals surface area contributed by atoms with Crippen LogP contribution in [-0.2, 0) is 4.79 Å². The maximum atomic E-state index is 12.5. The van der Waals surface area contributed by atoms with Crippen molar-refractivity contribution in [3.05, 3.63) is 0 Å². The molecule has 0 unspecified atom stereocenters. The zero-order valence-corrected chi connectivity index (χ0v) is 12.4. The van der Waals surface area contributed by atoms with Crippen LogP contribution in [0.5, 0.6) is 0 Å². The molecule has 4 bridgehead atoms. The molecule has 4 rings (SSSR count). The molecule has 7 nitrogen and oxygen atoms in total. The maximum Gasteiger partial charge on any atom is 0.149 e. The number of nitrogens with zero attached hydrogens (tertiary/aromatic N) is 2. The molecule has 4 saturated heterocycles. The first kappa shape index (κ1) is 15.3. The second-order valence-corrected chi connectivity index (χ2v) is 7.41. The molecule has 0 aromatic rings. The van der Waals surface area contributed by atoms with Crippen LogP contribution in [0.25, 0.3) is 0 Å². The van der Waals surface area contributed by atoms with Crippen molar-refractivity contribution < 1.29 is 25.2 Å². The molecule has 0 aromatic heterocycles. The Hall–Kier alpha value is -0.570. The fourth-order valence-corrected chi connectivity index (χ4v) is 4.57. The van der Waals surface area contributed by atoms with E-state index in [0.29, 0.717) is 26.2 Å². The zero-order valence-electron chi connectivity index (χ0n) is 12.4. The van der Waals surface area contributed by atoms with Gasteiger partial charge in [-0.2, -0.15) is 0 Å². The number of aliphatic hydroxyl groups excluding tert-OH is 4. The summed E-state index contributed by atoms with van der Waals surface area (Å²) in [6, 6.07) is 0. The van der Waals surface area contributed by atoms with E-state index in [1.54, 1.807) is 0 Å². The Labute approximate surface area is 123 Å². The predicted octanol–water partition coefficient (Wildman–Crippen LogP) is -2.39. The Morgan fingerprint density at radius 3 is 1.90 bits per heavy atom. The second-order valence-electron chi connectivity index (χ2n) is 7.41. The Morgan fingerprint density at radius 1 is 1.10 bits per heavy atom. The van der Waals surface area contributed by atoms with Crippen LogP contribution in [0.15, 0.2) is 0 Å². The van der Waals surface area contributed by atoms with E-state index in [9.17, 15) is 20.1 Å². The van der Waals surface area contributed by atoms with Crippen molar-refractivity contribution >= 4 is 5.78 Å². The molecule has 0 saturated carbocycles. The van der Waals surface area contributed by atoms with E-state index in [2.05, 4.69) is 0 Å². The van der Waals surface area contributed by atoms with Gasteiger partial charge in [0.05, 0.1) is 23.6 Å². The largest absolute Gasteiger partial charge is 0.394 e. The zero-order chi connectivity index (χ0) is 15.6. The molecule has 3 atom stereocenters. The normalized spacial score (nSPS) is 49.2. The summed E-state index contributed by atoms with van der Waals surface area (Å²) < 4.78 is 0. The summed E-state index contributed by atoms with van der Waals surface area (Å²) in [5, 5.41) is 38.8. The van der Waals surface area contributed by atoms with Crippen LogP contribution in [0.2, 0.25) is 0 Å². The third-order valence-electron chi connectivity index (χ3n) is 5.29. The van der Waals surface area contributed by atoms with Gasteiger partial charge in [-0.1, -0.05) is 13.8 Å². The molecule has 21 heavy (non-hydrogen) atoms. The number of carbonyl (C=O) groups excluding carboxylic acids is 1. The van der Waals surface area contributed by atoms with Crippen LogP contribution < -0.4 is 0 Å². The fourth-order valence-electron chi connectivity index (χ4n) is 4.57. The number of piperidine rings is 2. The minimum Gasteiger partial charge on any atom is -0.394 e. The van der Waals surface area contributed by atoms with Gasteiger partial charge in [0.2, 0.25) is 0 Å². The van der Waals surface area contributed by atoms with E-state index >= 15 is 0 Å². The van der Waals surface area contributed by atoms with Crippen LogP contribution in [0.1, 0.15) is 13.8 Å². The summed E-state index contributed by atoms with van der Waals surface area (Å²) >= 11 is 0. The van der Waals surface area contributed by atoms with Gasteiger partial charge in [-0.25, -0.2) is 0 Å². The molecule has 0 spiro atoms. The number of carbonyl (C=O) groups is 1. The Kier molecular flexibility index (Phi) is 3.44. The molecule has 120 valence electrons. The Bertz CT molecular complexity index is 417. The maximum absolute atomic E-state index is 12.5. The van der Waals surface area contributed by atoms with Crippen molar-refractivity contribution in [2.75, 3.05) is 32.8 Å². The van der Waals surface area contributed by atoms with E-state index in [0.717, 1.165) is 0 Å². The first-order valence-corrected chi connectivity index (χ1v) is 7.40. The van der Waals surface area contributed by atoms with E-state index in [4.69, 9.17) is 5.11 Å². The number of aliphatic hydroxyl groups is 4. The second kappa shape index (κ2) is 4.71. The first-order chi connectivity index (χ1) is 9.72. The number of hydrogen-bond acceptors (Lipinski definition) is 7. The predicted molar refractivity (Wildman–Crippen MR) is 73.3 cm³/mol. The molecule has 4 N–H and O–H groups in total. The van der Waals surface area contributed by atoms with Gasteiger partial charge in [0, 0.05) is 26.2 Å². The van der Waals surface area contributed by atoms with Crippen molar-refractivity contribution in [1.82, 2.24) is 9.80 Å². The molecule has 0 aromatic carbocycles. The number of ketones is 1. The lowest BCUT2D eigenvalue weighted by atomic mass is 9.61. The third-order valence-corrected chi connectivity index (χ3v) is 5.29. The molecule has 0 aliphatic carbocycles. The van der Waals surface area contributed by atoms with Gasteiger partial charge in [-0.05, 0) is 0 Å². The lowest BCUT2D eigenvalue weighted by Crippen LogP contribution is -2.80. The van der Waals surface area contributed by atoms with Gasteiger partial charge >= 0.3 is 0 Å². The van der Waals surface area contributed by atoms with E-state index in [-0.39, 0.29) is 5.78 Å². The highest BCUT2D eigenvalue weighted by atomic mass is 16.4. The van der Waals surface area contributed by atoms with Gasteiger partial charge in [0.1, 0.15) is 24.1 Å². The smallest absolute Gasteiger partial charge is 0.149 e. The van der Waals surface area contributed by atoms with Crippen molar-refractivity contribution in [3.8, 4) is 0 Å². The van der Waals surface area contributed by atoms with Gasteiger partial charge in [0.15, 0.2) is 0 Å². The third kappa shape index (κ3) is 2.07. The highest BCUT2D eigenvalue weighted by molar-refractivity contribution is 5.92. The number of Topliss-reactive ketones (excluding diaryl/α,β-unsaturated/α-hetero) is 1. The summed E-state index contributed by atoms with van der Waals surface area (Å²) in [5.74, 6) is 0.284. The topological polar surface area (TPSA) is 104 Å². The minimum atomic E-state index is -1.41. The standard InChI is InChI=1S/C14H24N2O5/c1-13-4-15-6-14(2,12(13)21)7-16(5-13)11(15)10(20)9(19)8(18)3-17/h8-11,17-20H,3-7H2,1-2H3/t8-,9-,10+,11?,13?,14?/m0/s1. The summed E-state index contributed by atoms with van der Waals surface area (Å²) in [6.45, 7) is 5.53. The summed E-state index contributed by atoms with van der Waals surface area (Å²) in [5.41, 5.74) is -0.857. The molecule has 4 aliphatic heterocycles. The fraction of sp³-hybridized carbons (Fsp3) is 0.929. The van der Waals surface area contributed by atoms with Crippen LogP contribution >= 0.6 is 0 Å². The van der Waals surface area contributed by atoms with Crippen LogP contribution in [0.3, 0.4) is 0 Å². The summed E-state index contributed by atoms with van der Waals surface area (Å²) in [7, 11) is 0. The van der Waals surface area contributed by atoms with Gasteiger partial charge < -0.3 is 20.4 Å². The monoisotopic (exact) mass is 300 g/mol. The summed E-state index contributed by atoms with van der Waals surface area (Å²) in [6.07, 6.45) is -4.38. The molecule has 4 fully saturated rings. The molecular formula is C14H24N2O5. The average molecular weight is 300 g/mol. The van der Waals surface area contributed by atoms with Crippen molar-refractivity contribution in [1.29, 1.82) is 0 Å². The lowest BCUT2D eigenvalue weighted by Gasteiger charge is -2.65. The van der Waals surface area contributed by atoms with Crippen LogP contribution in [0.4, 0.5) is 0 Å². The van der Waals surface area contributed by atoms with Crippen LogP contribution in [-0.4, -0.2) is 93.3 Å². The number of rotatable bonds is 4. The van der Waals surface area contributed by atoms with Crippen LogP contribution in [0, 0.1) is 10.8 Å². The van der Waals surface area contributed by atoms with Gasteiger partial charge in [0.25, 0.3) is 0 Å². The quantitative estimate of drug-likeness (QED) is 0.459. The van der Waals surface area contributed by atoms with Crippen molar-refractivity contribution in [2.24, 2.45) is 10.8 Å². The molecule has 4 aliphatic rings. The van der Waals surface area contributed by atoms with Gasteiger partial charge in [-0.3, -0.25) is 14.6 Å². The molecule has 0 amide bonds. The van der Waals surface area contributed by atoms with E-state index in [1.165, 1.54) is 0 Å². The Morgan fingerprint density at radius 2 is 1.52 bits per heavy atom. The minimum absolute atomic E-state index is 0.284. The van der Waals surface area contributed by atoms with Crippen molar-refractivity contribution in [3.63, 3.8) is 0 Å². The van der Waals surface area contributed by atoms with Crippen molar-refractivity contribution in [2.45, 2.75) is 38.3 Å². The van der Waals surface area contributed by atoms with E-state index in [1.807, 2.05) is 23.6 Å². The molecular weight excluding hydrogens is 276 g/mol. The lowest BCUT2D eigenvalue weighted by molar-refractivity contribution is -0.225.